The maximum absolute atomic E-state index is 12.7. The van der Waals surface area contributed by atoms with Crippen molar-refractivity contribution in [3.05, 3.63) is 60.4 Å². The Kier molecular flexibility index (Phi) is 4.47. The van der Waals surface area contributed by atoms with Gasteiger partial charge in [-0.3, -0.25) is 9.36 Å². The molecular formula is C21H23N3O2. The molecule has 0 radical (unpaired) electrons. The molecule has 134 valence electrons. The Hall–Kier alpha value is -2.66. The highest BCUT2D eigenvalue weighted by molar-refractivity contribution is 5.94. The molecule has 2 aromatic carbocycles. The van der Waals surface area contributed by atoms with E-state index in [2.05, 4.69) is 4.98 Å². The summed E-state index contributed by atoms with van der Waals surface area (Å²) in [4.78, 5) is 18.8. The molecule has 3 aromatic rings. The summed E-state index contributed by atoms with van der Waals surface area (Å²) in [5, 5.41) is 9.97. The van der Waals surface area contributed by atoms with E-state index in [0.717, 1.165) is 36.0 Å². The summed E-state index contributed by atoms with van der Waals surface area (Å²) in [6.07, 6.45) is 4.41. The summed E-state index contributed by atoms with van der Waals surface area (Å²) >= 11 is 0. The Balaban J connectivity index is 1.51. The molecule has 26 heavy (non-hydrogen) atoms. The van der Waals surface area contributed by atoms with Crippen LogP contribution < -0.4 is 0 Å². The fourth-order valence-electron chi connectivity index (χ4n) is 3.81. The third-order valence-corrected chi connectivity index (χ3v) is 5.32. The number of aliphatic hydroxyl groups excluding tert-OH is 1. The van der Waals surface area contributed by atoms with E-state index < -0.39 is 0 Å². The van der Waals surface area contributed by atoms with E-state index in [1.54, 1.807) is 11.2 Å². The van der Waals surface area contributed by atoms with Crippen molar-refractivity contribution in [1.29, 1.82) is 0 Å². The lowest BCUT2D eigenvalue weighted by molar-refractivity contribution is 0.0693. The molecule has 1 aliphatic carbocycles. The van der Waals surface area contributed by atoms with Crippen molar-refractivity contribution < 1.29 is 9.90 Å². The van der Waals surface area contributed by atoms with Crippen LogP contribution in [0.15, 0.2) is 54.9 Å². The van der Waals surface area contributed by atoms with Gasteiger partial charge in [0.2, 0.25) is 0 Å². The first-order valence-corrected chi connectivity index (χ1v) is 9.09. The number of hydrogen-bond acceptors (Lipinski definition) is 3. The van der Waals surface area contributed by atoms with Crippen LogP contribution in [0, 0.1) is 5.92 Å². The van der Waals surface area contributed by atoms with E-state index in [0.29, 0.717) is 12.1 Å². The number of hydrogen-bond donors (Lipinski definition) is 1. The zero-order valence-corrected chi connectivity index (χ0v) is 14.9. The first kappa shape index (κ1) is 16.8. The van der Waals surface area contributed by atoms with E-state index >= 15 is 0 Å². The number of imidazole rings is 1. The molecule has 1 amide bonds. The molecule has 5 nitrogen and oxygen atoms in total. The van der Waals surface area contributed by atoms with Crippen LogP contribution in [0.1, 0.15) is 29.6 Å². The Bertz CT molecular complexity index is 916. The van der Waals surface area contributed by atoms with Gasteiger partial charge in [-0.2, -0.15) is 0 Å². The van der Waals surface area contributed by atoms with E-state index in [1.807, 2.05) is 60.1 Å². The average molecular weight is 349 g/mol. The number of fused-ring (bicyclic) bond motifs is 1. The molecule has 1 fully saturated rings. The molecule has 0 aliphatic heterocycles. The first-order valence-electron chi connectivity index (χ1n) is 9.09. The van der Waals surface area contributed by atoms with E-state index in [1.165, 1.54) is 0 Å². The summed E-state index contributed by atoms with van der Waals surface area (Å²) in [5.41, 5.74) is 3.62. The summed E-state index contributed by atoms with van der Waals surface area (Å²) in [6.45, 7) is 0.605. The fraction of sp³-hybridized carbons (Fsp3) is 0.333. The molecule has 0 spiro atoms. The van der Waals surface area contributed by atoms with Gasteiger partial charge >= 0.3 is 0 Å². The summed E-state index contributed by atoms with van der Waals surface area (Å²) in [7, 11) is 1.81. The van der Waals surface area contributed by atoms with Gasteiger partial charge in [-0.15, -0.1) is 0 Å². The van der Waals surface area contributed by atoms with Crippen molar-refractivity contribution >= 4 is 16.9 Å². The topological polar surface area (TPSA) is 58.4 Å². The summed E-state index contributed by atoms with van der Waals surface area (Å²) in [5.74, 6) is 0.187. The maximum atomic E-state index is 12.7. The molecule has 0 bridgehead atoms. The van der Waals surface area contributed by atoms with Gasteiger partial charge in [0.1, 0.15) is 6.33 Å². The molecule has 5 heteroatoms. The molecule has 0 saturated heterocycles. The van der Waals surface area contributed by atoms with Crippen molar-refractivity contribution in [1.82, 2.24) is 14.5 Å². The molecule has 1 aliphatic rings. The highest BCUT2D eigenvalue weighted by atomic mass is 16.3. The predicted molar refractivity (Wildman–Crippen MR) is 101 cm³/mol. The van der Waals surface area contributed by atoms with E-state index in [4.69, 9.17) is 0 Å². The third kappa shape index (κ3) is 3.10. The number of carbonyl (C=O) groups excluding carboxylic acids is 1. The molecule has 1 aromatic heterocycles. The van der Waals surface area contributed by atoms with Gasteiger partial charge in [-0.25, -0.2) is 4.98 Å². The van der Waals surface area contributed by atoms with Crippen LogP contribution in [-0.2, 0) is 0 Å². The zero-order chi connectivity index (χ0) is 18.1. The molecular weight excluding hydrogens is 326 g/mol. The Labute approximate surface area is 152 Å². The molecule has 2 unspecified atom stereocenters. The zero-order valence-electron chi connectivity index (χ0n) is 14.9. The second kappa shape index (κ2) is 6.92. The number of aromatic nitrogens is 2. The van der Waals surface area contributed by atoms with E-state index in [9.17, 15) is 9.90 Å². The molecule has 2 atom stereocenters. The van der Waals surface area contributed by atoms with Crippen LogP contribution in [0.3, 0.4) is 0 Å². The minimum Gasteiger partial charge on any atom is -0.393 e. The maximum Gasteiger partial charge on any atom is 0.253 e. The smallest absolute Gasteiger partial charge is 0.253 e. The van der Waals surface area contributed by atoms with Crippen LogP contribution in [-0.4, -0.2) is 45.2 Å². The van der Waals surface area contributed by atoms with Gasteiger partial charge in [0.25, 0.3) is 5.91 Å². The standard InChI is InChI=1S/C21H23N3O2/c1-23(13-16-5-4-8-20(16)25)21(26)15-9-11-17(12-10-15)24-14-22-18-6-2-3-7-19(18)24/h2-3,6-7,9-12,14,16,20,25H,4-5,8,13H2,1H3. The monoisotopic (exact) mass is 349 g/mol. The van der Waals surface area contributed by atoms with Gasteiger partial charge in [0.15, 0.2) is 0 Å². The number of rotatable bonds is 4. The predicted octanol–water partition coefficient (Wildman–Crippen LogP) is 3.26. The lowest BCUT2D eigenvalue weighted by Crippen LogP contribution is -2.34. The molecule has 1 heterocycles. The lowest BCUT2D eigenvalue weighted by Gasteiger charge is -2.23. The summed E-state index contributed by atoms with van der Waals surface area (Å²) in [6, 6.07) is 15.6. The fourth-order valence-corrected chi connectivity index (χ4v) is 3.81. The van der Waals surface area contributed by atoms with Crippen molar-refractivity contribution in [3.63, 3.8) is 0 Å². The Morgan fingerprint density at radius 2 is 1.96 bits per heavy atom. The van der Waals surface area contributed by atoms with E-state index in [-0.39, 0.29) is 17.9 Å². The lowest BCUT2D eigenvalue weighted by atomic mass is 10.1. The number of benzene rings is 2. The van der Waals surface area contributed by atoms with Crippen LogP contribution in [0.4, 0.5) is 0 Å². The second-order valence-electron chi connectivity index (χ2n) is 7.09. The van der Waals surface area contributed by atoms with Crippen LogP contribution in [0.25, 0.3) is 16.7 Å². The third-order valence-electron chi connectivity index (χ3n) is 5.32. The highest BCUT2D eigenvalue weighted by Gasteiger charge is 2.27. The van der Waals surface area contributed by atoms with Crippen molar-refractivity contribution in [2.24, 2.45) is 5.92 Å². The van der Waals surface area contributed by atoms with Crippen LogP contribution in [0.5, 0.6) is 0 Å². The van der Waals surface area contributed by atoms with Gasteiger partial charge in [-0.1, -0.05) is 18.6 Å². The number of amides is 1. The quantitative estimate of drug-likeness (QED) is 0.786. The molecule has 1 N–H and O–H groups in total. The first-order chi connectivity index (χ1) is 12.6. The number of carbonyl (C=O) groups is 1. The van der Waals surface area contributed by atoms with Gasteiger partial charge < -0.3 is 10.0 Å². The Morgan fingerprint density at radius 1 is 1.19 bits per heavy atom. The second-order valence-corrected chi connectivity index (χ2v) is 7.09. The molecule has 4 rings (SSSR count). The van der Waals surface area contributed by atoms with Gasteiger partial charge in [-0.05, 0) is 49.2 Å². The number of para-hydroxylation sites is 2. The molecule has 1 saturated carbocycles. The number of aliphatic hydroxyl groups is 1. The van der Waals surface area contributed by atoms with Crippen molar-refractivity contribution in [2.45, 2.75) is 25.4 Å². The van der Waals surface area contributed by atoms with Gasteiger partial charge in [0, 0.05) is 30.8 Å². The Morgan fingerprint density at radius 3 is 2.69 bits per heavy atom. The average Bonchev–Trinajstić information content (AvgIpc) is 3.28. The van der Waals surface area contributed by atoms with Crippen LogP contribution in [0.2, 0.25) is 0 Å². The van der Waals surface area contributed by atoms with Crippen molar-refractivity contribution in [3.8, 4) is 5.69 Å². The highest BCUT2D eigenvalue weighted by Crippen LogP contribution is 2.26. The minimum atomic E-state index is -0.276. The summed E-state index contributed by atoms with van der Waals surface area (Å²) < 4.78 is 2.02. The largest absolute Gasteiger partial charge is 0.393 e. The number of nitrogens with zero attached hydrogens (tertiary/aromatic N) is 3. The SMILES string of the molecule is CN(CC1CCCC1O)C(=O)c1ccc(-n2cnc3ccccc32)cc1. The van der Waals surface area contributed by atoms with Crippen LogP contribution >= 0.6 is 0 Å². The normalized spacial score (nSPS) is 19.8. The minimum absolute atomic E-state index is 0.00820. The van der Waals surface area contributed by atoms with Crippen molar-refractivity contribution in [2.75, 3.05) is 13.6 Å². The van der Waals surface area contributed by atoms with Gasteiger partial charge in [0.05, 0.1) is 17.1 Å².